The van der Waals surface area contributed by atoms with Gasteiger partial charge in [-0.25, -0.2) is 0 Å². The average Bonchev–Trinajstić information content (AvgIpc) is 2.14. The summed E-state index contributed by atoms with van der Waals surface area (Å²) in [7, 11) is 2.12. The summed E-state index contributed by atoms with van der Waals surface area (Å²) in [5.41, 5.74) is 2.64. The number of anilines is 1. The van der Waals surface area contributed by atoms with Crippen LogP contribution in [-0.2, 0) is 5.88 Å². The molecule has 0 aliphatic carbocycles. The van der Waals surface area contributed by atoms with Gasteiger partial charge in [0.25, 0.3) is 0 Å². The fourth-order valence-electron chi connectivity index (χ4n) is 1.74. The second-order valence-electron chi connectivity index (χ2n) is 5.34. The number of hydrogen-bond donors (Lipinski definition) is 0. The standard InChI is InChI=1S/C13H19BrClN/c1-13(2,3)9-16(4)12-6-5-10(8-15)7-11(12)14/h5-7H,8-9H2,1-4H3. The summed E-state index contributed by atoms with van der Waals surface area (Å²) < 4.78 is 1.11. The Morgan fingerprint density at radius 1 is 1.31 bits per heavy atom. The molecule has 0 bridgehead atoms. The van der Waals surface area contributed by atoms with Gasteiger partial charge in [0.1, 0.15) is 0 Å². The second-order valence-corrected chi connectivity index (χ2v) is 6.46. The lowest BCUT2D eigenvalue weighted by Gasteiger charge is -2.29. The molecule has 0 aliphatic rings. The molecule has 90 valence electrons. The number of rotatable bonds is 3. The third-order valence-electron chi connectivity index (χ3n) is 2.29. The van der Waals surface area contributed by atoms with E-state index in [1.807, 2.05) is 0 Å². The molecule has 16 heavy (non-hydrogen) atoms. The van der Waals surface area contributed by atoms with E-state index in [4.69, 9.17) is 11.6 Å². The SMILES string of the molecule is CN(CC(C)(C)C)c1ccc(CCl)cc1Br. The van der Waals surface area contributed by atoms with Gasteiger partial charge in [-0.3, -0.25) is 0 Å². The Hall–Kier alpha value is -0.210. The maximum absolute atomic E-state index is 5.80. The Labute approximate surface area is 112 Å². The van der Waals surface area contributed by atoms with Gasteiger partial charge in [-0.05, 0) is 39.0 Å². The molecule has 0 radical (unpaired) electrons. The van der Waals surface area contributed by atoms with Crippen LogP contribution in [0.25, 0.3) is 0 Å². The molecular weight excluding hydrogens is 286 g/mol. The fourth-order valence-corrected chi connectivity index (χ4v) is 2.63. The predicted octanol–water partition coefficient (Wildman–Crippen LogP) is 4.67. The van der Waals surface area contributed by atoms with Gasteiger partial charge in [0, 0.05) is 23.9 Å². The lowest BCUT2D eigenvalue weighted by atomic mass is 9.96. The van der Waals surface area contributed by atoms with E-state index in [2.05, 4.69) is 66.8 Å². The summed E-state index contributed by atoms with van der Waals surface area (Å²) in [6.45, 7) is 7.74. The van der Waals surface area contributed by atoms with Crippen LogP contribution in [0.2, 0.25) is 0 Å². The minimum absolute atomic E-state index is 0.291. The second kappa shape index (κ2) is 5.42. The first kappa shape index (κ1) is 13.9. The van der Waals surface area contributed by atoms with Crippen molar-refractivity contribution in [3.05, 3.63) is 28.2 Å². The van der Waals surface area contributed by atoms with Gasteiger partial charge < -0.3 is 4.90 Å². The Bertz CT molecular complexity index is 357. The molecule has 0 aliphatic heterocycles. The molecule has 0 aromatic heterocycles. The van der Waals surface area contributed by atoms with E-state index in [0.717, 1.165) is 16.6 Å². The molecule has 0 saturated carbocycles. The molecule has 1 rings (SSSR count). The lowest BCUT2D eigenvalue weighted by Crippen LogP contribution is -2.29. The highest BCUT2D eigenvalue weighted by Crippen LogP contribution is 2.29. The van der Waals surface area contributed by atoms with Crippen molar-refractivity contribution in [1.29, 1.82) is 0 Å². The maximum atomic E-state index is 5.80. The van der Waals surface area contributed by atoms with Crippen LogP contribution in [-0.4, -0.2) is 13.6 Å². The molecule has 1 aromatic rings. The van der Waals surface area contributed by atoms with Crippen molar-refractivity contribution in [2.45, 2.75) is 26.7 Å². The molecule has 0 spiro atoms. The van der Waals surface area contributed by atoms with Gasteiger partial charge in [-0.2, -0.15) is 0 Å². The normalized spacial score (nSPS) is 11.6. The van der Waals surface area contributed by atoms with Crippen LogP contribution >= 0.6 is 27.5 Å². The highest BCUT2D eigenvalue weighted by molar-refractivity contribution is 9.10. The van der Waals surface area contributed by atoms with Crippen molar-refractivity contribution < 1.29 is 0 Å². The van der Waals surface area contributed by atoms with Crippen LogP contribution < -0.4 is 4.90 Å². The van der Waals surface area contributed by atoms with Gasteiger partial charge in [-0.15, -0.1) is 11.6 Å². The van der Waals surface area contributed by atoms with E-state index in [0.29, 0.717) is 11.3 Å². The zero-order valence-electron chi connectivity index (χ0n) is 10.3. The first-order chi connectivity index (χ1) is 7.33. The Kier molecular flexibility index (Phi) is 4.69. The highest BCUT2D eigenvalue weighted by atomic mass is 79.9. The van der Waals surface area contributed by atoms with Crippen molar-refractivity contribution in [1.82, 2.24) is 0 Å². The molecule has 0 fully saturated rings. The van der Waals surface area contributed by atoms with Gasteiger partial charge in [0.15, 0.2) is 0 Å². The minimum atomic E-state index is 0.291. The zero-order valence-corrected chi connectivity index (χ0v) is 12.7. The number of halogens is 2. The van der Waals surface area contributed by atoms with Gasteiger partial charge >= 0.3 is 0 Å². The number of nitrogens with zero attached hydrogens (tertiary/aromatic N) is 1. The highest BCUT2D eigenvalue weighted by Gasteiger charge is 2.15. The smallest absolute Gasteiger partial charge is 0.0508 e. The summed E-state index contributed by atoms with van der Waals surface area (Å²) in [6.07, 6.45) is 0. The van der Waals surface area contributed by atoms with Gasteiger partial charge in [0.2, 0.25) is 0 Å². The summed E-state index contributed by atoms with van der Waals surface area (Å²) in [5.74, 6) is 0.557. The Balaban J connectivity index is 2.88. The van der Waals surface area contributed by atoms with Crippen LogP contribution in [0.3, 0.4) is 0 Å². The van der Waals surface area contributed by atoms with Crippen LogP contribution in [0.15, 0.2) is 22.7 Å². The first-order valence-electron chi connectivity index (χ1n) is 5.39. The fraction of sp³-hybridized carbons (Fsp3) is 0.538. The number of benzene rings is 1. The predicted molar refractivity (Wildman–Crippen MR) is 76.4 cm³/mol. The van der Waals surface area contributed by atoms with E-state index >= 15 is 0 Å². The molecule has 0 heterocycles. The molecule has 0 unspecified atom stereocenters. The van der Waals surface area contributed by atoms with Gasteiger partial charge in [0.05, 0.1) is 5.69 Å². The topological polar surface area (TPSA) is 3.24 Å². The molecular formula is C13H19BrClN. The Morgan fingerprint density at radius 2 is 1.94 bits per heavy atom. The molecule has 0 saturated heterocycles. The van der Waals surface area contributed by atoms with Crippen molar-refractivity contribution in [3.8, 4) is 0 Å². The van der Waals surface area contributed by atoms with Crippen LogP contribution in [0.4, 0.5) is 5.69 Å². The van der Waals surface area contributed by atoms with E-state index in [1.165, 1.54) is 5.69 Å². The zero-order chi connectivity index (χ0) is 12.3. The Morgan fingerprint density at radius 3 is 2.38 bits per heavy atom. The van der Waals surface area contributed by atoms with Crippen molar-refractivity contribution in [3.63, 3.8) is 0 Å². The van der Waals surface area contributed by atoms with E-state index < -0.39 is 0 Å². The molecule has 0 N–H and O–H groups in total. The third kappa shape index (κ3) is 3.99. The molecule has 0 amide bonds. The lowest BCUT2D eigenvalue weighted by molar-refractivity contribution is 0.419. The summed E-state index contributed by atoms with van der Waals surface area (Å²) in [6, 6.07) is 6.28. The minimum Gasteiger partial charge on any atom is -0.373 e. The van der Waals surface area contributed by atoms with E-state index in [9.17, 15) is 0 Å². The first-order valence-corrected chi connectivity index (χ1v) is 6.72. The van der Waals surface area contributed by atoms with Crippen molar-refractivity contribution in [2.24, 2.45) is 5.41 Å². The average molecular weight is 305 g/mol. The monoisotopic (exact) mass is 303 g/mol. The largest absolute Gasteiger partial charge is 0.373 e. The van der Waals surface area contributed by atoms with Crippen LogP contribution in [0.1, 0.15) is 26.3 Å². The van der Waals surface area contributed by atoms with Crippen LogP contribution in [0.5, 0.6) is 0 Å². The van der Waals surface area contributed by atoms with Crippen LogP contribution in [0, 0.1) is 5.41 Å². The molecule has 0 atom stereocenters. The van der Waals surface area contributed by atoms with E-state index in [-0.39, 0.29) is 0 Å². The number of alkyl halides is 1. The maximum Gasteiger partial charge on any atom is 0.0508 e. The third-order valence-corrected chi connectivity index (χ3v) is 3.23. The van der Waals surface area contributed by atoms with Crippen molar-refractivity contribution in [2.75, 3.05) is 18.5 Å². The summed E-state index contributed by atoms with van der Waals surface area (Å²) in [5, 5.41) is 0. The summed E-state index contributed by atoms with van der Waals surface area (Å²) >= 11 is 9.40. The molecule has 3 heteroatoms. The summed E-state index contributed by atoms with van der Waals surface area (Å²) in [4.78, 5) is 2.27. The number of hydrogen-bond acceptors (Lipinski definition) is 1. The van der Waals surface area contributed by atoms with Crippen molar-refractivity contribution >= 4 is 33.2 Å². The van der Waals surface area contributed by atoms with E-state index in [1.54, 1.807) is 0 Å². The van der Waals surface area contributed by atoms with Gasteiger partial charge in [-0.1, -0.05) is 26.8 Å². The quantitative estimate of drug-likeness (QED) is 0.734. The molecule has 1 nitrogen and oxygen atoms in total. The molecule has 1 aromatic carbocycles.